The number of carbonyl (C=O) groups excluding carboxylic acids is 4. The number of ether oxygens (including phenoxy) is 5. The normalized spacial score (nSPS) is 35.3. The van der Waals surface area contributed by atoms with E-state index >= 15 is 0 Å². The molecule has 3 aliphatic rings. The van der Waals surface area contributed by atoms with Gasteiger partial charge in [-0.25, -0.2) is 4.79 Å². The first-order valence-corrected chi connectivity index (χ1v) is 22.7. The first-order valence-electron chi connectivity index (χ1n) is 22.7. The van der Waals surface area contributed by atoms with Crippen molar-refractivity contribution in [2.75, 3.05) is 33.1 Å². The highest BCUT2D eigenvalue weighted by molar-refractivity contribution is 5.95. The minimum atomic E-state index is -5.04. The maximum atomic E-state index is 14.8. The zero-order valence-electron chi connectivity index (χ0n) is 39.8. The number of esters is 1. The number of aliphatic hydroxyl groups is 1. The lowest BCUT2D eigenvalue weighted by Crippen LogP contribution is -2.59. The number of amides is 2. The van der Waals surface area contributed by atoms with Gasteiger partial charge in [0.15, 0.2) is 11.9 Å². The van der Waals surface area contributed by atoms with E-state index in [2.05, 4.69) is 22.1 Å². The number of hydrogen-bond acceptors (Lipinski definition) is 13. The minimum absolute atomic E-state index is 0.0518. The highest BCUT2D eigenvalue weighted by atomic mass is 19.4. The molecule has 0 bridgehead atoms. The molecule has 14 atom stereocenters. The third-order valence-corrected chi connectivity index (χ3v) is 14.0. The number of aryl methyl sites for hydroxylation is 1. The lowest BCUT2D eigenvalue weighted by Gasteiger charge is -2.48. The molecule has 4 heterocycles. The molecule has 0 radical (unpaired) electrons. The van der Waals surface area contributed by atoms with Gasteiger partial charge < -0.3 is 43.9 Å². The smallest absolute Gasteiger partial charge is 0.458 e. The van der Waals surface area contributed by atoms with Gasteiger partial charge in [-0.2, -0.15) is 13.2 Å². The third kappa shape index (κ3) is 11.3. The standard InChI is InChI=1S/C46H69F3N6O10/c1-13-35-45(9)38(55(43(60)65-45)20-15-14-19-54-24-33(51-52-54)31-17-16-18-32(22-31)50-42(59)46(47,48)49)28(5)36(56)25(2)23-44(8,61-12)39(29(6)37(57)30(7)40(58)63-35)64-41-27(4)34(53(10)11)21-26(3)62-41/h16-18,22,24-30,34-35,37-39,41,57H,13-15,19-21,23H2,1-12H3,(H,50,59)/t25-,26-,27-,28+,29+,30-,34+,35-,37+,38+,39-,41+,44+,45-/m1/s1. The van der Waals surface area contributed by atoms with Crippen molar-refractivity contribution in [2.24, 2.45) is 29.6 Å². The van der Waals surface area contributed by atoms with Gasteiger partial charge in [0.05, 0.1) is 42.1 Å². The summed E-state index contributed by atoms with van der Waals surface area (Å²) in [6.45, 7) is 16.9. The zero-order chi connectivity index (χ0) is 48.3. The van der Waals surface area contributed by atoms with Crippen LogP contribution in [0.1, 0.15) is 94.4 Å². The summed E-state index contributed by atoms with van der Waals surface area (Å²) in [6.07, 6.45) is -5.78. The van der Waals surface area contributed by atoms with Crippen LogP contribution in [0.25, 0.3) is 11.3 Å². The van der Waals surface area contributed by atoms with Gasteiger partial charge in [0.2, 0.25) is 0 Å². The summed E-state index contributed by atoms with van der Waals surface area (Å²) in [6, 6.07) is 5.11. The van der Waals surface area contributed by atoms with Gasteiger partial charge in [0.25, 0.3) is 0 Å². The first-order chi connectivity index (χ1) is 30.4. The molecule has 2 N–H and O–H groups in total. The van der Waals surface area contributed by atoms with Crippen LogP contribution in [-0.4, -0.2) is 142 Å². The quantitative estimate of drug-likeness (QED) is 0.174. The summed E-state index contributed by atoms with van der Waals surface area (Å²) in [5, 5.41) is 22.1. The molecule has 0 unspecified atom stereocenters. The largest absolute Gasteiger partial charge is 0.471 e. The van der Waals surface area contributed by atoms with Crippen LogP contribution in [0.2, 0.25) is 0 Å². The molecule has 0 aliphatic carbocycles. The Balaban J connectivity index is 1.38. The molecular weight excluding hydrogens is 854 g/mol. The number of nitrogens with zero attached hydrogens (tertiary/aromatic N) is 5. The third-order valence-electron chi connectivity index (χ3n) is 14.0. The first kappa shape index (κ1) is 51.8. The number of carbonyl (C=O) groups is 4. The number of ketones is 1. The summed E-state index contributed by atoms with van der Waals surface area (Å²) >= 11 is 0. The molecule has 2 amide bonds. The number of cyclic esters (lactones) is 1. The van der Waals surface area contributed by atoms with Crippen LogP contribution >= 0.6 is 0 Å². The van der Waals surface area contributed by atoms with Crippen LogP contribution < -0.4 is 5.32 Å². The second-order valence-corrected chi connectivity index (χ2v) is 19.1. The van der Waals surface area contributed by atoms with Crippen molar-refractivity contribution >= 4 is 29.4 Å². The van der Waals surface area contributed by atoms with Crippen molar-refractivity contribution in [3.63, 3.8) is 0 Å². The van der Waals surface area contributed by atoms with Crippen LogP contribution in [0, 0.1) is 29.6 Å². The van der Waals surface area contributed by atoms with Gasteiger partial charge >= 0.3 is 24.1 Å². The molecule has 19 heteroatoms. The second kappa shape index (κ2) is 20.8. The number of Topliss-reactive ketones (excluding diaryl/α,β-unsaturated/α-hetero) is 1. The Morgan fingerprint density at radius 1 is 1.03 bits per heavy atom. The highest BCUT2D eigenvalue weighted by Gasteiger charge is 2.60. The molecule has 1 aromatic heterocycles. The van der Waals surface area contributed by atoms with Crippen LogP contribution in [0.5, 0.6) is 0 Å². The Labute approximate surface area is 380 Å². The van der Waals surface area contributed by atoms with Crippen molar-refractivity contribution in [2.45, 2.75) is 161 Å². The monoisotopic (exact) mass is 923 g/mol. The molecule has 5 rings (SSSR count). The summed E-state index contributed by atoms with van der Waals surface area (Å²) in [5.74, 6) is -6.17. The van der Waals surface area contributed by atoms with Crippen molar-refractivity contribution in [3.8, 4) is 11.3 Å². The Hall–Kier alpha value is -4.17. The number of alkyl halides is 3. The van der Waals surface area contributed by atoms with Gasteiger partial charge in [-0.1, -0.05) is 52.0 Å². The molecule has 0 spiro atoms. The van der Waals surface area contributed by atoms with E-state index in [0.29, 0.717) is 30.6 Å². The fourth-order valence-corrected chi connectivity index (χ4v) is 10.2. The van der Waals surface area contributed by atoms with E-state index in [9.17, 15) is 37.5 Å². The number of aromatic nitrogens is 3. The fraction of sp³-hybridized carbons (Fsp3) is 0.739. The number of unbranched alkanes of at least 4 members (excludes halogenated alkanes) is 1. The number of rotatable bonds is 12. The lowest BCUT2D eigenvalue weighted by molar-refractivity contribution is -0.287. The maximum Gasteiger partial charge on any atom is 0.471 e. The van der Waals surface area contributed by atoms with E-state index in [-0.39, 0.29) is 48.9 Å². The predicted molar refractivity (Wildman–Crippen MR) is 233 cm³/mol. The number of halogens is 3. The number of methoxy groups -OCH3 is 1. The molecule has 65 heavy (non-hydrogen) atoms. The van der Waals surface area contributed by atoms with E-state index in [4.69, 9.17) is 23.7 Å². The molecule has 3 fully saturated rings. The number of aliphatic hydroxyl groups excluding tert-OH is 1. The van der Waals surface area contributed by atoms with E-state index in [1.54, 1.807) is 58.7 Å². The van der Waals surface area contributed by atoms with E-state index in [1.165, 1.54) is 23.1 Å². The minimum Gasteiger partial charge on any atom is -0.458 e. The lowest BCUT2D eigenvalue weighted by atomic mass is 9.73. The molecule has 2 aromatic rings. The fourth-order valence-electron chi connectivity index (χ4n) is 10.2. The van der Waals surface area contributed by atoms with E-state index in [1.807, 2.05) is 40.2 Å². The average molecular weight is 923 g/mol. The summed E-state index contributed by atoms with van der Waals surface area (Å²) in [5.41, 5.74) is -1.85. The van der Waals surface area contributed by atoms with Gasteiger partial charge in [0, 0.05) is 61.2 Å². The number of anilines is 1. The second-order valence-electron chi connectivity index (χ2n) is 19.1. The molecule has 3 saturated heterocycles. The Kier molecular flexibility index (Phi) is 16.6. The van der Waals surface area contributed by atoms with Gasteiger partial charge in [0.1, 0.15) is 17.6 Å². The van der Waals surface area contributed by atoms with Crippen LogP contribution in [0.15, 0.2) is 30.5 Å². The van der Waals surface area contributed by atoms with Crippen LogP contribution in [-0.2, 0) is 44.6 Å². The SMILES string of the molecule is CC[C@H]1OC(=O)[C@H](C)[C@@H](O)[C@H](C)[C@@H](O[C@@H]2O[C@H](C)C[C@H](N(C)C)[C@H]2C)[C@@](C)(OC)C[C@@H](C)C(=O)[C@H](C)[C@@H]2N(CCCCn3cc(-c4cccc(NC(=O)C(F)(F)F)c4)nn3)C(=O)O[C@@]21C. The van der Waals surface area contributed by atoms with Crippen LogP contribution in [0.3, 0.4) is 0 Å². The summed E-state index contributed by atoms with van der Waals surface area (Å²) in [7, 11) is 5.58. The predicted octanol–water partition coefficient (Wildman–Crippen LogP) is 6.50. The molecule has 364 valence electrons. The van der Waals surface area contributed by atoms with E-state index in [0.717, 1.165) is 6.42 Å². The molecule has 0 saturated carbocycles. The van der Waals surface area contributed by atoms with Gasteiger partial charge in [-0.15, -0.1) is 5.10 Å². The van der Waals surface area contributed by atoms with Gasteiger partial charge in [-0.05, 0) is 86.0 Å². The summed E-state index contributed by atoms with van der Waals surface area (Å²) in [4.78, 5) is 58.0. The zero-order valence-corrected chi connectivity index (χ0v) is 39.8. The van der Waals surface area contributed by atoms with Gasteiger partial charge in [-0.3, -0.25) is 19.1 Å². The Morgan fingerprint density at radius 2 is 1.71 bits per heavy atom. The molecular formula is C46H69F3N6O10. The average Bonchev–Trinajstić information content (AvgIpc) is 3.83. The van der Waals surface area contributed by atoms with Crippen molar-refractivity contribution in [1.82, 2.24) is 24.8 Å². The molecule has 16 nitrogen and oxygen atoms in total. The highest BCUT2D eigenvalue weighted by Crippen LogP contribution is 2.44. The number of benzene rings is 1. The van der Waals surface area contributed by atoms with Crippen molar-refractivity contribution in [1.29, 1.82) is 0 Å². The Morgan fingerprint density at radius 3 is 2.34 bits per heavy atom. The topological polar surface area (TPSA) is 184 Å². The molecule has 1 aromatic carbocycles. The van der Waals surface area contributed by atoms with Crippen molar-refractivity contribution < 1.29 is 61.1 Å². The number of nitrogens with one attached hydrogen (secondary N) is 1. The number of hydrogen-bond donors (Lipinski definition) is 2. The van der Waals surface area contributed by atoms with Crippen molar-refractivity contribution in [3.05, 3.63) is 30.5 Å². The molecule has 3 aliphatic heterocycles. The number of fused-ring (bicyclic) bond motifs is 1. The Bertz CT molecular complexity index is 1990. The maximum absolute atomic E-state index is 14.8. The summed E-state index contributed by atoms with van der Waals surface area (Å²) < 4.78 is 72.0. The van der Waals surface area contributed by atoms with E-state index < -0.39 is 89.7 Å². The van der Waals surface area contributed by atoms with Crippen LogP contribution in [0.4, 0.5) is 23.7 Å².